The Bertz CT molecular complexity index is 623. The van der Waals surface area contributed by atoms with Gasteiger partial charge in [0.2, 0.25) is 5.88 Å². The van der Waals surface area contributed by atoms with Crippen LogP contribution in [0.15, 0.2) is 24.3 Å². The van der Waals surface area contributed by atoms with Crippen molar-refractivity contribution in [2.75, 3.05) is 11.9 Å². The first-order valence-corrected chi connectivity index (χ1v) is 7.38. The van der Waals surface area contributed by atoms with Crippen LogP contribution in [0, 0.1) is 13.8 Å². The summed E-state index contributed by atoms with van der Waals surface area (Å²) in [6, 6.07) is 8.14. The Morgan fingerprint density at radius 2 is 1.95 bits per heavy atom. The number of nitrogens with one attached hydrogen (secondary N) is 1. The smallest absolute Gasteiger partial charge is 0.227 e. The molecule has 4 nitrogen and oxygen atoms in total. The van der Waals surface area contributed by atoms with E-state index in [1.807, 2.05) is 32.9 Å². The minimum Gasteiger partial charge on any atom is -0.439 e. The topological polar surface area (TPSA) is 47.0 Å². The second-order valence-electron chi connectivity index (χ2n) is 5.41. The summed E-state index contributed by atoms with van der Waals surface area (Å²) >= 11 is 0. The molecule has 0 atom stereocenters. The Hall–Kier alpha value is -2.10. The van der Waals surface area contributed by atoms with Crippen LogP contribution in [0.2, 0.25) is 0 Å². The fourth-order valence-electron chi connectivity index (χ4n) is 2.09. The molecular formula is C17H23N3O. The van der Waals surface area contributed by atoms with Gasteiger partial charge in [-0.05, 0) is 44.4 Å². The van der Waals surface area contributed by atoms with Gasteiger partial charge in [0.05, 0.1) is 5.56 Å². The zero-order valence-corrected chi connectivity index (χ0v) is 13.4. The van der Waals surface area contributed by atoms with Gasteiger partial charge < -0.3 is 10.1 Å². The number of aryl methyl sites for hydroxylation is 1. The summed E-state index contributed by atoms with van der Waals surface area (Å²) in [5.41, 5.74) is 2.18. The Morgan fingerprint density at radius 1 is 1.19 bits per heavy atom. The van der Waals surface area contributed by atoms with Gasteiger partial charge in [0.25, 0.3) is 0 Å². The van der Waals surface area contributed by atoms with Crippen LogP contribution >= 0.6 is 0 Å². The maximum Gasteiger partial charge on any atom is 0.227 e. The predicted octanol–water partition coefficient (Wildman–Crippen LogP) is 4.44. The van der Waals surface area contributed by atoms with Crippen LogP contribution in [0.3, 0.4) is 0 Å². The number of anilines is 1. The molecule has 0 saturated carbocycles. The average Bonchev–Trinajstić information content (AvgIpc) is 2.44. The first-order valence-electron chi connectivity index (χ1n) is 7.38. The van der Waals surface area contributed by atoms with E-state index in [1.165, 1.54) is 5.56 Å². The molecule has 0 spiro atoms. The van der Waals surface area contributed by atoms with E-state index in [2.05, 4.69) is 41.3 Å². The van der Waals surface area contributed by atoms with Crippen LogP contribution in [0.1, 0.15) is 43.6 Å². The number of hydrogen-bond acceptors (Lipinski definition) is 4. The highest BCUT2D eigenvalue weighted by Crippen LogP contribution is 2.28. The summed E-state index contributed by atoms with van der Waals surface area (Å²) < 4.78 is 5.98. The third-order valence-electron chi connectivity index (χ3n) is 3.30. The lowest BCUT2D eigenvalue weighted by Crippen LogP contribution is -2.06. The van der Waals surface area contributed by atoms with Gasteiger partial charge in [-0.3, -0.25) is 0 Å². The molecule has 1 heterocycles. The molecule has 4 heteroatoms. The fourth-order valence-corrected chi connectivity index (χ4v) is 2.09. The van der Waals surface area contributed by atoms with E-state index >= 15 is 0 Å². The molecule has 0 bridgehead atoms. The van der Waals surface area contributed by atoms with E-state index in [0.29, 0.717) is 17.6 Å². The van der Waals surface area contributed by atoms with Crippen molar-refractivity contribution in [2.24, 2.45) is 0 Å². The zero-order valence-electron chi connectivity index (χ0n) is 13.4. The second-order valence-corrected chi connectivity index (χ2v) is 5.41. The van der Waals surface area contributed by atoms with E-state index in [-0.39, 0.29) is 0 Å². The molecule has 0 aliphatic carbocycles. The average molecular weight is 285 g/mol. The van der Waals surface area contributed by atoms with Crippen molar-refractivity contribution < 1.29 is 4.74 Å². The van der Waals surface area contributed by atoms with Gasteiger partial charge in [0.1, 0.15) is 17.4 Å². The van der Waals surface area contributed by atoms with Gasteiger partial charge in [0, 0.05) is 6.54 Å². The van der Waals surface area contributed by atoms with Crippen LogP contribution in [-0.2, 0) is 0 Å². The van der Waals surface area contributed by atoms with Gasteiger partial charge >= 0.3 is 0 Å². The molecule has 2 rings (SSSR count). The highest BCUT2D eigenvalue weighted by molar-refractivity contribution is 5.49. The molecule has 0 amide bonds. The maximum atomic E-state index is 5.98. The minimum atomic E-state index is 0.471. The van der Waals surface area contributed by atoms with E-state index in [9.17, 15) is 0 Å². The summed E-state index contributed by atoms with van der Waals surface area (Å²) in [7, 11) is 0. The van der Waals surface area contributed by atoms with E-state index < -0.39 is 0 Å². The van der Waals surface area contributed by atoms with Gasteiger partial charge in [-0.2, -0.15) is 4.98 Å². The van der Waals surface area contributed by atoms with Gasteiger partial charge in [-0.25, -0.2) is 4.98 Å². The SMILES string of the molecule is CCNc1nc(C)nc(Oc2cccc(C(C)C)c2)c1C. The predicted molar refractivity (Wildman–Crippen MR) is 86.3 cm³/mol. The number of benzene rings is 1. The quantitative estimate of drug-likeness (QED) is 0.882. The van der Waals surface area contributed by atoms with Crippen LogP contribution in [0.5, 0.6) is 11.6 Å². The Kier molecular flexibility index (Phi) is 4.78. The lowest BCUT2D eigenvalue weighted by Gasteiger charge is -2.13. The number of aromatic nitrogens is 2. The number of ether oxygens (including phenoxy) is 1. The zero-order chi connectivity index (χ0) is 15.4. The highest BCUT2D eigenvalue weighted by Gasteiger charge is 2.11. The van der Waals surface area contributed by atoms with Crippen LogP contribution < -0.4 is 10.1 Å². The Morgan fingerprint density at radius 3 is 2.62 bits per heavy atom. The van der Waals surface area contributed by atoms with E-state index in [0.717, 1.165) is 23.7 Å². The summed E-state index contributed by atoms with van der Waals surface area (Å²) in [6.45, 7) is 11.0. The van der Waals surface area contributed by atoms with E-state index in [4.69, 9.17) is 4.74 Å². The van der Waals surface area contributed by atoms with Crippen molar-refractivity contribution in [1.29, 1.82) is 0 Å². The second kappa shape index (κ2) is 6.57. The van der Waals surface area contributed by atoms with Gasteiger partial charge in [0.15, 0.2) is 0 Å². The van der Waals surface area contributed by atoms with Gasteiger partial charge in [-0.15, -0.1) is 0 Å². The molecule has 0 aliphatic rings. The molecule has 0 saturated heterocycles. The van der Waals surface area contributed by atoms with Crippen molar-refractivity contribution in [3.05, 3.63) is 41.2 Å². The Labute approximate surface area is 126 Å². The lowest BCUT2D eigenvalue weighted by atomic mass is 10.0. The normalized spacial score (nSPS) is 10.8. The largest absolute Gasteiger partial charge is 0.439 e. The van der Waals surface area contributed by atoms with Crippen LogP contribution in [-0.4, -0.2) is 16.5 Å². The van der Waals surface area contributed by atoms with Crippen molar-refractivity contribution >= 4 is 5.82 Å². The van der Waals surface area contributed by atoms with Crippen LogP contribution in [0.25, 0.3) is 0 Å². The highest BCUT2D eigenvalue weighted by atomic mass is 16.5. The molecule has 112 valence electrons. The summed E-state index contributed by atoms with van der Waals surface area (Å²) in [6.07, 6.45) is 0. The molecule has 21 heavy (non-hydrogen) atoms. The molecule has 1 aromatic heterocycles. The van der Waals surface area contributed by atoms with Crippen molar-refractivity contribution in [2.45, 2.75) is 40.5 Å². The molecule has 0 radical (unpaired) electrons. The molecule has 1 aromatic carbocycles. The third kappa shape index (κ3) is 3.72. The Balaban J connectivity index is 2.33. The van der Waals surface area contributed by atoms with Crippen molar-refractivity contribution in [1.82, 2.24) is 9.97 Å². The van der Waals surface area contributed by atoms with Crippen molar-refractivity contribution in [3.63, 3.8) is 0 Å². The fraction of sp³-hybridized carbons (Fsp3) is 0.412. The number of hydrogen-bond donors (Lipinski definition) is 1. The molecule has 0 unspecified atom stereocenters. The van der Waals surface area contributed by atoms with Crippen LogP contribution in [0.4, 0.5) is 5.82 Å². The summed E-state index contributed by atoms with van der Waals surface area (Å²) in [5.74, 6) is 3.43. The first-order chi connectivity index (χ1) is 10.0. The summed E-state index contributed by atoms with van der Waals surface area (Å²) in [4.78, 5) is 8.82. The number of rotatable bonds is 5. The standard InChI is InChI=1S/C17H23N3O/c1-6-18-16-12(4)17(20-13(5)19-16)21-15-9-7-8-14(10-15)11(2)3/h7-11H,6H2,1-5H3,(H,18,19,20). The van der Waals surface area contributed by atoms with E-state index in [1.54, 1.807) is 0 Å². The molecule has 2 aromatic rings. The summed E-state index contributed by atoms with van der Waals surface area (Å²) in [5, 5.41) is 3.24. The van der Waals surface area contributed by atoms with Crippen molar-refractivity contribution in [3.8, 4) is 11.6 Å². The van der Waals surface area contributed by atoms with Gasteiger partial charge in [-0.1, -0.05) is 26.0 Å². The monoisotopic (exact) mass is 285 g/mol. The molecule has 0 aliphatic heterocycles. The third-order valence-corrected chi connectivity index (χ3v) is 3.30. The molecule has 0 fully saturated rings. The molecular weight excluding hydrogens is 262 g/mol. The number of nitrogens with zero attached hydrogens (tertiary/aromatic N) is 2. The first kappa shape index (κ1) is 15.3. The maximum absolute atomic E-state index is 5.98. The molecule has 1 N–H and O–H groups in total. The minimum absolute atomic E-state index is 0.471. The lowest BCUT2D eigenvalue weighted by molar-refractivity contribution is 0.455.